The number of imide groups is 1. The molecule has 1 saturated heterocycles. The van der Waals surface area contributed by atoms with E-state index in [1.807, 2.05) is 0 Å². The van der Waals surface area contributed by atoms with Crippen LogP contribution in [0.1, 0.15) is 38.5 Å². The summed E-state index contributed by atoms with van der Waals surface area (Å²) in [4.78, 5) is 51.4. The minimum absolute atomic E-state index is 0.108. The summed E-state index contributed by atoms with van der Waals surface area (Å²) in [7, 11) is 0. The monoisotopic (exact) mass is 310 g/mol. The molecular formula is C14H18N2O6. The van der Waals surface area contributed by atoms with Gasteiger partial charge in [-0.3, -0.25) is 19.3 Å². The van der Waals surface area contributed by atoms with Gasteiger partial charge in [0, 0.05) is 38.0 Å². The average molecular weight is 310 g/mol. The van der Waals surface area contributed by atoms with Gasteiger partial charge >= 0.3 is 5.97 Å². The molecule has 8 nitrogen and oxygen atoms in total. The molecule has 2 rings (SSSR count). The van der Waals surface area contributed by atoms with Crippen LogP contribution in [-0.2, 0) is 24.0 Å². The molecule has 3 amide bonds. The van der Waals surface area contributed by atoms with Crippen molar-refractivity contribution >= 4 is 23.7 Å². The van der Waals surface area contributed by atoms with Gasteiger partial charge in [-0.05, 0) is 12.8 Å². The number of aliphatic hydroxyl groups is 1. The number of hydrogen-bond donors (Lipinski definition) is 1. The first kappa shape index (κ1) is 16.2. The van der Waals surface area contributed by atoms with Crippen molar-refractivity contribution in [3.8, 4) is 0 Å². The number of carbonyl (C=O) groups excluding carboxylic acids is 4. The van der Waals surface area contributed by atoms with Gasteiger partial charge in [0.05, 0.1) is 0 Å². The van der Waals surface area contributed by atoms with E-state index in [2.05, 4.69) is 0 Å². The van der Waals surface area contributed by atoms with Crippen LogP contribution in [0.2, 0.25) is 0 Å². The summed E-state index contributed by atoms with van der Waals surface area (Å²) in [6.07, 6.45) is 3.70. The van der Waals surface area contributed by atoms with E-state index in [1.165, 1.54) is 12.2 Å². The second kappa shape index (κ2) is 7.17. The fourth-order valence-corrected chi connectivity index (χ4v) is 2.28. The molecule has 0 aromatic heterocycles. The third-order valence-corrected chi connectivity index (χ3v) is 3.50. The van der Waals surface area contributed by atoms with Crippen molar-refractivity contribution in [2.75, 3.05) is 6.54 Å². The Morgan fingerprint density at radius 1 is 1.18 bits per heavy atom. The van der Waals surface area contributed by atoms with Gasteiger partial charge in [0.2, 0.25) is 0 Å². The first-order valence-electron chi connectivity index (χ1n) is 7.23. The van der Waals surface area contributed by atoms with Crippen molar-refractivity contribution in [1.82, 2.24) is 9.96 Å². The molecule has 0 aromatic rings. The number of hydroxylamine groups is 2. The van der Waals surface area contributed by atoms with E-state index in [-0.39, 0.29) is 31.1 Å². The van der Waals surface area contributed by atoms with E-state index in [9.17, 15) is 24.3 Å². The molecule has 0 aromatic carbocycles. The molecule has 120 valence electrons. The topological polar surface area (TPSA) is 104 Å². The summed E-state index contributed by atoms with van der Waals surface area (Å²) >= 11 is 0. The van der Waals surface area contributed by atoms with Crippen molar-refractivity contribution in [1.29, 1.82) is 0 Å². The Balaban J connectivity index is 1.59. The van der Waals surface area contributed by atoms with E-state index in [0.717, 1.165) is 9.96 Å². The summed E-state index contributed by atoms with van der Waals surface area (Å²) in [6, 6.07) is 0. The first-order chi connectivity index (χ1) is 10.5. The maximum absolute atomic E-state index is 11.6. The Morgan fingerprint density at radius 2 is 1.86 bits per heavy atom. The Hall–Kier alpha value is -2.22. The zero-order chi connectivity index (χ0) is 16.1. The fraction of sp³-hybridized carbons (Fsp3) is 0.571. The highest BCUT2D eigenvalue weighted by molar-refractivity contribution is 6.12. The molecule has 1 N–H and O–H groups in total. The Kier molecular flexibility index (Phi) is 5.26. The minimum Gasteiger partial charge on any atom is -0.370 e. The SMILES string of the molecule is O=C(CCCCCN1C(=O)C=CC1=O)ON1C(=O)CCC1O. The van der Waals surface area contributed by atoms with Crippen LogP contribution in [0.5, 0.6) is 0 Å². The molecule has 0 radical (unpaired) electrons. The van der Waals surface area contributed by atoms with E-state index in [0.29, 0.717) is 25.8 Å². The fourth-order valence-electron chi connectivity index (χ4n) is 2.28. The van der Waals surface area contributed by atoms with Crippen molar-refractivity contribution < 1.29 is 29.1 Å². The molecule has 0 saturated carbocycles. The molecule has 1 fully saturated rings. The van der Waals surface area contributed by atoms with Gasteiger partial charge < -0.3 is 9.94 Å². The second-order valence-corrected chi connectivity index (χ2v) is 5.17. The van der Waals surface area contributed by atoms with Crippen molar-refractivity contribution in [2.45, 2.75) is 44.8 Å². The molecule has 2 aliphatic heterocycles. The molecule has 2 aliphatic rings. The highest BCUT2D eigenvalue weighted by Crippen LogP contribution is 2.17. The van der Waals surface area contributed by atoms with Gasteiger partial charge in [0.15, 0.2) is 6.23 Å². The van der Waals surface area contributed by atoms with E-state index in [4.69, 9.17) is 4.84 Å². The lowest BCUT2D eigenvalue weighted by Gasteiger charge is -2.18. The van der Waals surface area contributed by atoms with Gasteiger partial charge in [-0.25, -0.2) is 4.79 Å². The molecule has 0 aliphatic carbocycles. The standard InChI is InChI=1S/C14H18N2O6/c17-10-5-6-11(18)15(10)9-3-1-2-4-14(21)22-16-12(19)7-8-13(16)20/h5-6,12,19H,1-4,7-9H2. The Morgan fingerprint density at radius 3 is 2.45 bits per heavy atom. The molecule has 1 atom stereocenters. The number of amides is 3. The van der Waals surface area contributed by atoms with Crippen LogP contribution in [0.3, 0.4) is 0 Å². The summed E-state index contributed by atoms with van der Waals surface area (Å²) in [6.45, 7) is 0.322. The van der Waals surface area contributed by atoms with Gasteiger partial charge in [-0.1, -0.05) is 6.42 Å². The minimum atomic E-state index is -1.06. The van der Waals surface area contributed by atoms with Gasteiger partial charge in [0.1, 0.15) is 0 Å². The summed E-state index contributed by atoms with van der Waals surface area (Å²) < 4.78 is 0. The highest BCUT2D eigenvalue weighted by atomic mass is 16.7. The van der Waals surface area contributed by atoms with Crippen LogP contribution in [0, 0.1) is 0 Å². The van der Waals surface area contributed by atoms with Crippen LogP contribution >= 0.6 is 0 Å². The first-order valence-corrected chi connectivity index (χ1v) is 7.23. The predicted molar refractivity (Wildman–Crippen MR) is 72.5 cm³/mol. The number of unbranched alkanes of at least 4 members (excludes halogenated alkanes) is 2. The third kappa shape index (κ3) is 3.91. The average Bonchev–Trinajstić information content (AvgIpc) is 2.96. The molecule has 0 bridgehead atoms. The van der Waals surface area contributed by atoms with Crippen LogP contribution in [-0.4, -0.2) is 51.5 Å². The van der Waals surface area contributed by atoms with Gasteiger partial charge in [-0.15, -0.1) is 5.06 Å². The quantitative estimate of drug-likeness (QED) is 0.519. The zero-order valence-electron chi connectivity index (χ0n) is 12.1. The highest BCUT2D eigenvalue weighted by Gasteiger charge is 2.32. The number of rotatable bonds is 7. The lowest BCUT2D eigenvalue weighted by Crippen LogP contribution is -2.35. The summed E-state index contributed by atoms with van der Waals surface area (Å²) in [5.74, 6) is -1.61. The largest absolute Gasteiger partial charge is 0.370 e. The van der Waals surface area contributed by atoms with Crippen molar-refractivity contribution in [3.63, 3.8) is 0 Å². The number of hydrogen-bond acceptors (Lipinski definition) is 6. The maximum atomic E-state index is 11.6. The number of nitrogens with zero attached hydrogens (tertiary/aromatic N) is 2. The summed E-state index contributed by atoms with van der Waals surface area (Å²) in [5, 5.41) is 10.2. The molecule has 22 heavy (non-hydrogen) atoms. The van der Waals surface area contributed by atoms with E-state index in [1.54, 1.807) is 0 Å². The van der Waals surface area contributed by atoms with E-state index >= 15 is 0 Å². The van der Waals surface area contributed by atoms with Crippen LogP contribution in [0.4, 0.5) is 0 Å². The summed E-state index contributed by atoms with van der Waals surface area (Å²) in [5.41, 5.74) is 0. The number of aliphatic hydroxyl groups excluding tert-OH is 1. The molecular weight excluding hydrogens is 292 g/mol. The molecule has 8 heteroatoms. The van der Waals surface area contributed by atoms with Crippen LogP contribution in [0.15, 0.2) is 12.2 Å². The Bertz CT molecular complexity index is 497. The lowest BCUT2D eigenvalue weighted by atomic mass is 10.2. The van der Waals surface area contributed by atoms with E-state index < -0.39 is 18.1 Å². The Labute approximate surface area is 127 Å². The van der Waals surface area contributed by atoms with Crippen LogP contribution in [0.25, 0.3) is 0 Å². The van der Waals surface area contributed by atoms with Crippen molar-refractivity contribution in [2.24, 2.45) is 0 Å². The number of carbonyl (C=O) groups is 4. The predicted octanol–water partition coefficient (Wildman–Crippen LogP) is -0.129. The normalized spacial score (nSPS) is 21.1. The van der Waals surface area contributed by atoms with Crippen molar-refractivity contribution in [3.05, 3.63) is 12.2 Å². The van der Waals surface area contributed by atoms with Gasteiger partial charge in [0.25, 0.3) is 17.7 Å². The molecule has 1 unspecified atom stereocenters. The maximum Gasteiger partial charge on any atom is 0.332 e. The molecule has 0 spiro atoms. The smallest absolute Gasteiger partial charge is 0.332 e. The zero-order valence-corrected chi connectivity index (χ0v) is 12.1. The molecule has 2 heterocycles. The lowest BCUT2D eigenvalue weighted by molar-refractivity contribution is -0.220. The van der Waals surface area contributed by atoms with Gasteiger partial charge in [-0.2, -0.15) is 0 Å². The van der Waals surface area contributed by atoms with Crippen LogP contribution < -0.4 is 0 Å². The third-order valence-electron chi connectivity index (χ3n) is 3.50. The second-order valence-electron chi connectivity index (χ2n) is 5.17.